The minimum atomic E-state index is -1.20. The maximum Gasteiger partial charge on any atom is 0.351 e. The summed E-state index contributed by atoms with van der Waals surface area (Å²) in [5.41, 5.74) is 0.150. The zero-order valence-corrected chi connectivity index (χ0v) is 17.2. The van der Waals surface area contributed by atoms with Gasteiger partial charge in [0.05, 0.1) is 0 Å². The standard InChI is InChI=1S/C24H15BrO5/c25-18-11-12-20-17(13-18)14-19(23(27)29-20)24(28)30-22(16-9-5-2-6-10-16)21(26)15-7-3-1-4-8-15/h1-14,22H/t22-/m1/s1. The van der Waals surface area contributed by atoms with Crippen LogP contribution in [-0.2, 0) is 4.74 Å². The lowest BCUT2D eigenvalue weighted by atomic mass is 10.00. The molecule has 0 bridgehead atoms. The van der Waals surface area contributed by atoms with Gasteiger partial charge >= 0.3 is 11.6 Å². The summed E-state index contributed by atoms with van der Waals surface area (Å²) in [5, 5.41) is 0.557. The van der Waals surface area contributed by atoms with Gasteiger partial charge in [-0.05, 0) is 24.3 Å². The Bertz CT molecular complexity index is 1280. The van der Waals surface area contributed by atoms with Gasteiger partial charge < -0.3 is 9.15 Å². The van der Waals surface area contributed by atoms with Crippen LogP contribution in [0, 0.1) is 0 Å². The van der Waals surface area contributed by atoms with E-state index in [2.05, 4.69) is 15.9 Å². The molecule has 0 saturated heterocycles. The van der Waals surface area contributed by atoms with Gasteiger partial charge in [-0.3, -0.25) is 4.79 Å². The highest BCUT2D eigenvalue weighted by atomic mass is 79.9. The van der Waals surface area contributed by atoms with E-state index in [0.717, 1.165) is 4.47 Å². The summed E-state index contributed by atoms with van der Waals surface area (Å²) in [5.74, 6) is -1.31. The molecule has 0 amide bonds. The highest BCUT2D eigenvalue weighted by Crippen LogP contribution is 2.25. The van der Waals surface area contributed by atoms with Gasteiger partial charge in [0.2, 0.25) is 5.78 Å². The molecule has 148 valence electrons. The van der Waals surface area contributed by atoms with Crippen molar-refractivity contribution in [1.82, 2.24) is 0 Å². The van der Waals surface area contributed by atoms with E-state index in [0.29, 0.717) is 22.1 Å². The van der Waals surface area contributed by atoms with Crippen LogP contribution < -0.4 is 5.63 Å². The van der Waals surface area contributed by atoms with Crippen LogP contribution in [0.3, 0.4) is 0 Å². The first-order valence-corrected chi connectivity index (χ1v) is 9.91. The van der Waals surface area contributed by atoms with Crippen molar-refractivity contribution in [2.24, 2.45) is 0 Å². The lowest BCUT2D eigenvalue weighted by Crippen LogP contribution is -2.23. The van der Waals surface area contributed by atoms with Crippen molar-refractivity contribution in [2.75, 3.05) is 0 Å². The number of carbonyl (C=O) groups excluding carboxylic acids is 2. The van der Waals surface area contributed by atoms with Gasteiger partial charge in [-0.2, -0.15) is 0 Å². The molecule has 30 heavy (non-hydrogen) atoms. The Kier molecular flexibility index (Phi) is 5.59. The summed E-state index contributed by atoms with van der Waals surface area (Å²) in [6.45, 7) is 0. The zero-order chi connectivity index (χ0) is 21.1. The number of hydrogen-bond acceptors (Lipinski definition) is 5. The summed E-state index contributed by atoms with van der Waals surface area (Å²) in [6, 6.07) is 23.7. The number of hydrogen-bond donors (Lipinski definition) is 0. The quantitative estimate of drug-likeness (QED) is 0.227. The van der Waals surface area contributed by atoms with Gasteiger partial charge in [-0.25, -0.2) is 9.59 Å². The van der Waals surface area contributed by atoms with Crippen LogP contribution in [0.1, 0.15) is 32.4 Å². The molecule has 3 aromatic carbocycles. The second-order valence-electron chi connectivity index (χ2n) is 6.56. The molecule has 1 heterocycles. The van der Waals surface area contributed by atoms with E-state index in [1.807, 2.05) is 0 Å². The fourth-order valence-corrected chi connectivity index (χ4v) is 3.44. The van der Waals surface area contributed by atoms with Crippen LogP contribution >= 0.6 is 15.9 Å². The Labute approximate surface area is 180 Å². The minimum absolute atomic E-state index is 0.276. The molecule has 4 rings (SSSR count). The van der Waals surface area contributed by atoms with Gasteiger partial charge in [0.15, 0.2) is 6.10 Å². The van der Waals surface area contributed by atoms with Crippen molar-refractivity contribution in [3.8, 4) is 0 Å². The number of ketones is 1. The van der Waals surface area contributed by atoms with Gasteiger partial charge in [0, 0.05) is 21.0 Å². The molecule has 0 aliphatic heterocycles. The molecule has 1 aromatic heterocycles. The van der Waals surface area contributed by atoms with Crippen molar-refractivity contribution < 1.29 is 18.7 Å². The average Bonchev–Trinajstić information content (AvgIpc) is 2.78. The Morgan fingerprint density at radius 1 is 0.867 bits per heavy atom. The van der Waals surface area contributed by atoms with E-state index in [4.69, 9.17) is 9.15 Å². The maximum atomic E-state index is 13.1. The Balaban J connectivity index is 1.72. The average molecular weight is 463 g/mol. The molecule has 1 atom stereocenters. The van der Waals surface area contributed by atoms with Gasteiger partial charge in [-0.1, -0.05) is 76.6 Å². The number of benzene rings is 3. The van der Waals surface area contributed by atoms with Crippen molar-refractivity contribution in [3.63, 3.8) is 0 Å². The number of fused-ring (bicyclic) bond motifs is 1. The van der Waals surface area contributed by atoms with E-state index >= 15 is 0 Å². The van der Waals surface area contributed by atoms with Crippen LogP contribution in [0.25, 0.3) is 11.0 Å². The van der Waals surface area contributed by atoms with Gasteiger partial charge in [0.25, 0.3) is 0 Å². The van der Waals surface area contributed by atoms with Crippen LogP contribution in [0.4, 0.5) is 0 Å². The highest BCUT2D eigenvalue weighted by molar-refractivity contribution is 9.10. The van der Waals surface area contributed by atoms with E-state index in [1.165, 1.54) is 6.07 Å². The third kappa shape index (κ3) is 4.09. The summed E-state index contributed by atoms with van der Waals surface area (Å²) in [6.07, 6.45) is -1.20. The van der Waals surface area contributed by atoms with Crippen molar-refractivity contribution in [1.29, 1.82) is 0 Å². The first-order valence-electron chi connectivity index (χ1n) is 9.11. The molecule has 4 aromatic rings. The summed E-state index contributed by atoms with van der Waals surface area (Å²) >= 11 is 3.35. The van der Waals surface area contributed by atoms with Gasteiger partial charge in [-0.15, -0.1) is 0 Å². The number of esters is 1. The topological polar surface area (TPSA) is 73.6 Å². The molecular weight excluding hydrogens is 448 g/mol. The molecule has 0 aliphatic carbocycles. The zero-order valence-electron chi connectivity index (χ0n) is 15.6. The van der Waals surface area contributed by atoms with Crippen LogP contribution in [0.15, 0.2) is 98.6 Å². The summed E-state index contributed by atoms with van der Waals surface area (Å²) in [4.78, 5) is 38.3. The number of halogens is 1. The lowest BCUT2D eigenvalue weighted by Gasteiger charge is -2.17. The Morgan fingerprint density at radius 3 is 2.23 bits per heavy atom. The van der Waals surface area contributed by atoms with E-state index in [1.54, 1.807) is 78.9 Å². The summed E-state index contributed by atoms with van der Waals surface area (Å²) in [7, 11) is 0. The molecule has 6 heteroatoms. The molecule has 0 saturated carbocycles. The van der Waals surface area contributed by atoms with Crippen molar-refractivity contribution in [3.05, 3.63) is 117 Å². The van der Waals surface area contributed by atoms with Crippen LogP contribution in [-0.4, -0.2) is 11.8 Å². The molecule has 0 fully saturated rings. The smallest absolute Gasteiger partial charge is 0.351 e. The first-order chi connectivity index (χ1) is 14.5. The predicted octanol–water partition coefficient (Wildman–Crippen LogP) is 5.34. The lowest BCUT2D eigenvalue weighted by molar-refractivity contribution is 0.0276. The van der Waals surface area contributed by atoms with E-state index in [-0.39, 0.29) is 11.3 Å². The SMILES string of the molecule is O=C(O[C@@H](C(=O)c1ccccc1)c1ccccc1)c1cc2cc(Br)ccc2oc1=O. The highest BCUT2D eigenvalue weighted by Gasteiger charge is 2.28. The third-order valence-electron chi connectivity index (χ3n) is 4.54. The molecule has 5 nitrogen and oxygen atoms in total. The number of carbonyl (C=O) groups is 2. The van der Waals surface area contributed by atoms with Gasteiger partial charge in [0.1, 0.15) is 11.1 Å². The fraction of sp³-hybridized carbons (Fsp3) is 0.0417. The molecule has 0 unspecified atom stereocenters. The van der Waals surface area contributed by atoms with E-state index in [9.17, 15) is 14.4 Å². The normalized spacial score (nSPS) is 11.8. The molecule has 0 radical (unpaired) electrons. The third-order valence-corrected chi connectivity index (χ3v) is 5.03. The number of rotatable bonds is 5. The monoisotopic (exact) mass is 462 g/mol. The van der Waals surface area contributed by atoms with Crippen LogP contribution in [0.2, 0.25) is 0 Å². The minimum Gasteiger partial charge on any atom is -0.445 e. The Hall–Kier alpha value is -3.51. The predicted molar refractivity (Wildman–Crippen MR) is 116 cm³/mol. The molecule has 0 N–H and O–H groups in total. The number of Topliss-reactive ketones (excluding diaryl/α,β-unsaturated/α-hetero) is 1. The van der Waals surface area contributed by atoms with Crippen molar-refractivity contribution >= 4 is 38.7 Å². The maximum absolute atomic E-state index is 13.1. The summed E-state index contributed by atoms with van der Waals surface area (Å²) < 4.78 is 11.5. The molecule has 0 spiro atoms. The molecular formula is C24H15BrO5. The number of ether oxygens (including phenoxy) is 1. The Morgan fingerprint density at radius 2 is 1.53 bits per heavy atom. The first kappa shape index (κ1) is 19.8. The fourth-order valence-electron chi connectivity index (χ4n) is 3.06. The largest absolute Gasteiger partial charge is 0.445 e. The second kappa shape index (κ2) is 8.47. The van der Waals surface area contributed by atoms with Crippen LogP contribution in [0.5, 0.6) is 0 Å². The van der Waals surface area contributed by atoms with Crippen molar-refractivity contribution in [2.45, 2.75) is 6.10 Å². The second-order valence-corrected chi connectivity index (χ2v) is 7.47. The van der Waals surface area contributed by atoms with E-state index < -0.39 is 17.7 Å². The molecule has 0 aliphatic rings.